The van der Waals surface area contributed by atoms with E-state index in [2.05, 4.69) is 0 Å². The summed E-state index contributed by atoms with van der Waals surface area (Å²) in [4.78, 5) is 0. The zero-order valence-corrected chi connectivity index (χ0v) is 8.69. The molecule has 0 aromatic rings. The van der Waals surface area contributed by atoms with Gasteiger partial charge in [0.1, 0.15) is 0 Å². The van der Waals surface area contributed by atoms with Crippen molar-refractivity contribution in [2.24, 2.45) is 0 Å². The summed E-state index contributed by atoms with van der Waals surface area (Å²) in [6.45, 7) is 0. The second-order valence-electron chi connectivity index (χ2n) is 0.370. The van der Waals surface area contributed by atoms with Gasteiger partial charge < -0.3 is 0 Å². The van der Waals surface area contributed by atoms with Crippen LogP contribution in [0.25, 0.3) is 4.06 Å². The van der Waals surface area contributed by atoms with Gasteiger partial charge in [-0.25, -0.2) is 0 Å². The molecule has 0 rings (SSSR count). The van der Waals surface area contributed by atoms with E-state index in [9.17, 15) is 0 Å². The average Bonchev–Trinajstić information content (AvgIpc) is 0.722. The molecular formula is KNO3Os. The first-order valence-electron chi connectivity index (χ1n) is 0.591. The Morgan fingerprint density at radius 1 is 1.17 bits per heavy atom. The van der Waals surface area contributed by atoms with Crippen LogP contribution < -0.4 is 51.4 Å². The molecule has 0 aromatic heterocycles. The molecule has 0 aromatic carbocycles. The number of hydrogen-bond donors (Lipinski definition) is 0. The molecule has 0 aliphatic carbocycles. The van der Waals surface area contributed by atoms with Crippen molar-refractivity contribution in [1.29, 1.82) is 0 Å². The molecule has 0 radical (unpaired) electrons. The Bertz CT molecular complexity index is 162. The van der Waals surface area contributed by atoms with Crippen LogP contribution in [0.3, 0.4) is 0 Å². The topological polar surface area (TPSA) is 73.5 Å². The molecule has 32 valence electrons. The van der Waals surface area contributed by atoms with Crippen molar-refractivity contribution in [2.45, 2.75) is 0 Å². The molecule has 0 spiro atoms. The zero-order valence-electron chi connectivity index (χ0n) is 3.03. The van der Waals surface area contributed by atoms with Gasteiger partial charge in [-0.3, -0.25) is 0 Å². The standard InChI is InChI=1S/K.N.3O.Os/q+1;-1;;;;. The van der Waals surface area contributed by atoms with E-state index in [1.165, 1.54) is 0 Å². The molecular weight excluding hydrogens is 291 g/mol. The van der Waals surface area contributed by atoms with Crippen molar-refractivity contribution in [2.75, 3.05) is 0 Å². The molecule has 6 heavy (non-hydrogen) atoms. The quantitative estimate of drug-likeness (QED) is 0.445. The van der Waals surface area contributed by atoms with Crippen molar-refractivity contribution in [3.8, 4) is 0 Å². The molecule has 0 unspecified atom stereocenters. The Labute approximate surface area is 79.1 Å². The fraction of sp³-hybridized carbons (Fsp3) is 0. The Kier molecular flexibility index (Phi) is 6.05. The molecule has 0 aliphatic rings. The van der Waals surface area contributed by atoms with Crippen molar-refractivity contribution in [3.63, 3.8) is 0 Å². The van der Waals surface area contributed by atoms with Gasteiger partial charge in [0.2, 0.25) is 0 Å². The van der Waals surface area contributed by atoms with Gasteiger partial charge >= 0.3 is 80.8 Å². The number of rotatable bonds is 0. The third kappa shape index (κ3) is 50.5. The third-order valence-corrected chi connectivity index (χ3v) is 0. The molecule has 0 saturated heterocycles. The minimum atomic E-state index is -5.81. The average molecular weight is 291 g/mol. The van der Waals surface area contributed by atoms with E-state index in [0.717, 1.165) is 0 Å². The molecule has 0 N–H and O–H groups in total. The molecule has 0 saturated carbocycles. The van der Waals surface area contributed by atoms with E-state index >= 15 is 0 Å². The summed E-state index contributed by atoms with van der Waals surface area (Å²) in [6.07, 6.45) is 0. The molecule has 0 fully saturated rings. The molecule has 0 heterocycles. The Morgan fingerprint density at radius 3 is 1.17 bits per heavy atom. The van der Waals surface area contributed by atoms with E-state index in [1.807, 2.05) is 0 Å². The van der Waals surface area contributed by atoms with Gasteiger partial charge in [-0.2, -0.15) is 0 Å². The summed E-state index contributed by atoms with van der Waals surface area (Å²) in [5.41, 5.74) is 0. The first-order valence-corrected chi connectivity index (χ1v) is 4.84. The van der Waals surface area contributed by atoms with E-state index in [-0.39, 0.29) is 51.4 Å². The van der Waals surface area contributed by atoms with E-state index < -0.39 is 14.7 Å². The van der Waals surface area contributed by atoms with Crippen LogP contribution in [-0.2, 0) is 25.3 Å². The fourth-order valence-corrected chi connectivity index (χ4v) is 0. The molecule has 6 heteroatoms. The number of nitrogens with zero attached hydrogens (tertiary/aromatic N) is 1. The Morgan fingerprint density at radius 2 is 1.17 bits per heavy atom. The summed E-state index contributed by atoms with van der Waals surface area (Å²) in [7, 11) is 0. The summed E-state index contributed by atoms with van der Waals surface area (Å²) in [5, 5.41) is 0. The number of hydrogen-bond acceptors (Lipinski definition) is 3. The summed E-state index contributed by atoms with van der Waals surface area (Å²) in [5.74, 6) is 0. The van der Waals surface area contributed by atoms with Gasteiger partial charge in [0, 0.05) is 0 Å². The van der Waals surface area contributed by atoms with Crippen LogP contribution in [-0.4, -0.2) is 0 Å². The molecule has 4 nitrogen and oxygen atoms in total. The van der Waals surface area contributed by atoms with Crippen molar-refractivity contribution in [3.05, 3.63) is 4.06 Å². The van der Waals surface area contributed by atoms with Crippen LogP contribution in [0.2, 0.25) is 0 Å². The summed E-state index contributed by atoms with van der Waals surface area (Å²) < 4.78 is 33.3. The van der Waals surface area contributed by atoms with Gasteiger partial charge in [-0.05, 0) is 0 Å². The summed E-state index contributed by atoms with van der Waals surface area (Å²) in [6, 6.07) is 0. The van der Waals surface area contributed by atoms with Crippen LogP contribution >= 0.6 is 0 Å². The predicted octanol–water partition coefficient (Wildman–Crippen LogP) is -3.07. The zero-order chi connectivity index (χ0) is 4.50. The first-order chi connectivity index (χ1) is 2.00. The molecule has 0 atom stereocenters. The van der Waals surface area contributed by atoms with Crippen molar-refractivity contribution >= 4 is 0 Å². The van der Waals surface area contributed by atoms with Crippen molar-refractivity contribution < 1.29 is 76.7 Å². The van der Waals surface area contributed by atoms with Crippen LogP contribution in [0.5, 0.6) is 0 Å². The maximum absolute atomic E-state index is 8.74. The van der Waals surface area contributed by atoms with Gasteiger partial charge in [-0.1, -0.05) is 0 Å². The minimum absolute atomic E-state index is 0. The normalized spacial score (nSPS) is 9.33. The molecule has 0 bridgehead atoms. The maximum atomic E-state index is 8.74. The van der Waals surface area contributed by atoms with E-state index in [1.54, 1.807) is 0 Å². The summed E-state index contributed by atoms with van der Waals surface area (Å²) >= 11 is -5.81. The second kappa shape index (κ2) is 3.47. The van der Waals surface area contributed by atoms with Gasteiger partial charge in [-0.15, -0.1) is 0 Å². The first kappa shape index (κ1) is 10.5. The SMILES string of the molecule is [K+].[N-]=[Os](=[O])(=[O])=[O]. The predicted molar refractivity (Wildman–Crippen MR) is 5.42 cm³/mol. The van der Waals surface area contributed by atoms with Crippen LogP contribution in [0.15, 0.2) is 0 Å². The third-order valence-electron chi connectivity index (χ3n) is 0. The van der Waals surface area contributed by atoms with Crippen LogP contribution in [0.4, 0.5) is 0 Å². The Hall–Kier alpha value is 1.47. The van der Waals surface area contributed by atoms with Gasteiger partial charge in [0.05, 0.1) is 0 Å². The van der Waals surface area contributed by atoms with E-state index in [4.69, 9.17) is 14.7 Å². The Balaban J connectivity index is 0. The van der Waals surface area contributed by atoms with Crippen molar-refractivity contribution in [1.82, 2.24) is 0 Å². The second-order valence-corrected chi connectivity index (χ2v) is 3.03. The molecule has 0 aliphatic heterocycles. The van der Waals surface area contributed by atoms with Gasteiger partial charge in [0.15, 0.2) is 0 Å². The van der Waals surface area contributed by atoms with Crippen LogP contribution in [0, 0.1) is 0 Å². The van der Waals surface area contributed by atoms with Gasteiger partial charge in [0.25, 0.3) is 0 Å². The van der Waals surface area contributed by atoms with Crippen LogP contribution in [0.1, 0.15) is 0 Å². The molecule has 0 amide bonds. The monoisotopic (exact) mass is 293 g/mol. The van der Waals surface area contributed by atoms with E-state index in [0.29, 0.717) is 0 Å². The fourth-order valence-electron chi connectivity index (χ4n) is 0.